The number of hydrogen-bond acceptors (Lipinski definition) is 7. The maximum absolute atomic E-state index is 12.9. The lowest BCUT2D eigenvalue weighted by Gasteiger charge is -2.31. The zero-order chi connectivity index (χ0) is 19.7. The van der Waals surface area contributed by atoms with Crippen molar-refractivity contribution in [3.8, 4) is 0 Å². The van der Waals surface area contributed by atoms with Crippen LogP contribution in [0, 0.1) is 11.8 Å². The summed E-state index contributed by atoms with van der Waals surface area (Å²) in [5.74, 6) is 1.30. The summed E-state index contributed by atoms with van der Waals surface area (Å²) in [6.45, 7) is 15.3. The molecule has 1 heterocycles. The molecule has 0 amide bonds. The summed E-state index contributed by atoms with van der Waals surface area (Å²) in [6, 6.07) is -0.522. The number of nitrogens with zero attached hydrogens (tertiary/aromatic N) is 2. The molecule has 0 aromatic heterocycles. The van der Waals surface area contributed by atoms with E-state index in [0.29, 0.717) is 38.2 Å². The molecule has 3 atom stereocenters. The first kappa shape index (κ1) is 23.1. The summed E-state index contributed by atoms with van der Waals surface area (Å²) >= 11 is 0. The van der Waals surface area contributed by atoms with Gasteiger partial charge in [-0.05, 0) is 39.5 Å². The Morgan fingerprint density at radius 3 is 1.73 bits per heavy atom. The van der Waals surface area contributed by atoms with Gasteiger partial charge in [-0.3, -0.25) is 4.57 Å². The molecule has 8 heteroatoms. The lowest BCUT2D eigenvalue weighted by atomic mass is 9.99. The monoisotopic (exact) mass is 390 g/mol. The van der Waals surface area contributed by atoms with Crippen LogP contribution in [-0.2, 0) is 23.1 Å². The minimum atomic E-state index is -3.18. The average Bonchev–Trinajstić information content (AvgIpc) is 2.56. The van der Waals surface area contributed by atoms with Gasteiger partial charge in [0.05, 0.1) is 32.6 Å². The third kappa shape index (κ3) is 6.36. The molecule has 0 radical (unpaired) electrons. The van der Waals surface area contributed by atoms with Crippen molar-refractivity contribution in [2.75, 3.05) is 32.6 Å². The van der Waals surface area contributed by atoms with Crippen molar-refractivity contribution in [3.05, 3.63) is 0 Å². The number of ether oxygens (including phenoxy) is 2. The summed E-state index contributed by atoms with van der Waals surface area (Å²) in [5.41, 5.74) is 0. The van der Waals surface area contributed by atoms with Crippen LogP contribution in [0.5, 0.6) is 0 Å². The van der Waals surface area contributed by atoms with E-state index in [0.717, 1.165) is 0 Å². The summed E-state index contributed by atoms with van der Waals surface area (Å²) in [7, 11) is -3.18. The first-order valence-electron chi connectivity index (χ1n) is 9.60. The fourth-order valence-corrected chi connectivity index (χ4v) is 4.85. The Bertz CT molecular complexity index is 526. The van der Waals surface area contributed by atoms with Crippen LogP contribution in [-0.4, -0.2) is 56.5 Å². The third-order valence-corrected chi connectivity index (χ3v) is 6.28. The van der Waals surface area contributed by atoms with Gasteiger partial charge in [-0.25, -0.2) is 9.98 Å². The van der Waals surface area contributed by atoms with E-state index >= 15 is 0 Å². The topological polar surface area (TPSA) is 78.7 Å². The van der Waals surface area contributed by atoms with Crippen LogP contribution in [0.4, 0.5) is 0 Å². The van der Waals surface area contributed by atoms with Crippen molar-refractivity contribution in [1.29, 1.82) is 0 Å². The van der Waals surface area contributed by atoms with Gasteiger partial charge in [0.2, 0.25) is 11.8 Å². The zero-order valence-corrected chi connectivity index (χ0v) is 18.1. The van der Waals surface area contributed by atoms with Crippen LogP contribution < -0.4 is 0 Å². The quantitative estimate of drug-likeness (QED) is 0.523. The van der Waals surface area contributed by atoms with Gasteiger partial charge in [-0.15, -0.1) is 0 Å². The molecule has 1 aliphatic heterocycles. The zero-order valence-electron chi connectivity index (χ0n) is 17.2. The Morgan fingerprint density at radius 1 is 0.846 bits per heavy atom. The maximum Gasteiger partial charge on any atom is 0.331 e. The minimum absolute atomic E-state index is 0.132. The molecule has 0 bridgehead atoms. The fourth-order valence-electron chi connectivity index (χ4n) is 2.87. The standard InChI is InChI=1S/C18H35N2O5P/c1-8-22-17-15(13(5)6)19-18(23-9-2)16(20-17)14(7)12-26(21,24-10-3)25-11-4/h13-16H,8-12H2,1-7H3/t14-,15-,16+/m1/s1. The van der Waals surface area contributed by atoms with E-state index in [1.165, 1.54) is 0 Å². The van der Waals surface area contributed by atoms with Crippen LogP contribution in [0.3, 0.4) is 0 Å². The summed E-state index contributed by atoms with van der Waals surface area (Å²) in [5, 5.41) is 0. The first-order chi connectivity index (χ1) is 12.3. The summed E-state index contributed by atoms with van der Waals surface area (Å²) < 4.78 is 35.3. The van der Waals surface area contributed by atoms with Gasteiger partial charge in [-0.1, -0.05) is 20.8 Å². The van der Waals surface area contributed by atoms with Gasteiger partial charge in [0, 0.05) is 0 Å². The van der Waals surface area contributed by atoms with Crippen LogP contribution in [0.15, 0.2) is 9.98 Å². The molecule has 0 saturated heterocycles. The third-order valence-electron chi connectivity index (χ3n) is 3.96. The SMILES string of the molecule is CCOC1=N[C@H](C(C)C)C(OCC)=N[C@H]1[C@H](C)CP(=O)(OCC)OCC. The predicted molar refractivity (Wildman–Crippen MR) is 105 cm³/mol. The Hall–Kier alpha value is -0.910. The molecule has 0 unspecified atom stereocenters. The van der Waals surface area contributed by atoms with Crippen molar-refractivity contribution in [2.24, 2.45) is 21.8 Å². The molecule has 7 nitrogen and oxygen atoms in total. The molecule has 1 aliphatic rings. The molecular weight excluding hydrogens is 355 g/mol. The van der Waals surface area contributed by atoms with E-state index in [1.807, 2.05) is 34.6 Å². The number of aliphatic imine (C=N–C) groups is 2. The van der Waals surface area contributed by atoms with E-state index in [2.05, 4.69) is 13.8 Å². The van der Waals surface area contributed by atoms with E-state index in [1.54, 1.807) is 0 Å². The summed E-state index contributed by atoms with van der Waals surface area (Å²) in [4.78, 5) is 9.55. The Kier molecular flexibility index (Phi) is 9.83. The highest BCUT2D eigenvalue weighted by Gasteiger charge is 2.38. The molecule has 152 valence electrons. The molecule has 0 aromatic carbocycles. The van der Waals surface area contributed by atoms with Crippen LogP contribution >= 0.6 is 7.60 Å². The Balaban J connectivity index is 3.11. The van der Waals surface area contributed by atoms with E-state index in [-0.39, 0.29) is 30.1 Å². The first-order valence-corrected chi connectivity index (χ1v) is 11.3. The molecular formula is C18H35N2O5P. The van der Waals surface area contributed by atoms with Crippen molar-refractivity contribution in [2.45, 2.75) is 60.5 Å². The van der Waals surface area contributed by atoms with Crippen molar-refractivity contribution >= 4 is 19.4 Å². The van der Waals surface area contributed by atoms with Gasteiger partial charge >= 0.3 is 7.60 Å². The number of rotatable bonds is 10. The lowest BCUT2D eigenvalue weighted by Crippen LogP contribution is -2.41. The van der Waals surface area contributed by atoms with Crippen molar-refractivity contribution < 1.29 is 23.1 Å². The molecule has 0 N–H and O–H groups in total. The molecule has 0 aromatic rings. The van der Waals surface area contributed by atoms with Crippen molar-refractivity contribution in [3.63, 3.8) is 0 Å². The second-order valence-electron chi connectivity index (χ2n) is 6.54. The van der Waals surface area contributed by atoms with Gasteiger partial charge in [-0.2, -0.15) is 0 Å². The Labute approximate surface area is 158 Å². The number of hydrogen-bond donors (Lipinski definition) is 0. The predicted octanol–water partition coefficient (Wildman–Crippen LogP) is 4.17. The normalized spacial score (nSPS) is 22.0. The van der Waals surface area contributed by atoms with Crippen LogP contribution in [0.2, 0.25) is 0 Å². The highest BCUT2D eigenvalue weighted by molar-refractivity contribution is 7.53. The van der Waals surface area contributed by atoms with Gasteiger partial charge in [0.1, 0.15) is 12.1 Å². The molecule has 0 aliphatic carbocycles. The minimum Gasteiger partial charge on any atom is -0.480 e. The largest absolute Gasteiger partial charge is 0.480 e. The molecule has 26 heavy (non-hydrogen) atoms. The van der Waals surface area contributed by atoms with E-state index in [4.69, 9.17) is 28.5 Å². The lowest BCUT2D eigenvalue weighted by molar-refractivity contribution is 0.214. The van der Waals surface area contributed by atoms with Crippen LogP contribution in [0.1, 0.15) is 48.5 Å². The smallest absolute Gasteiger partial charge is 0.331 e. The molecule has 0 spiro atoms. The van der Waals surface area contributed by atoms with Crippen LogP contribution in [0.25, 0.3) is 0 Å². The molecule has 0 fully saturated rings. The second-order valence-corrected chi connectivity index (χ2v) is 8.64. The maximum atomic E-state index is 12.9. The fraction of sp³-hybridized carbons (Fsp3) is 0.889. The molecule has 0 saturated carbocycles. The molecule has 1 rings (SSSR count). The Morgan fingerprint density at radius 2 is 1.31 bits per heavy atom. The van der Waals surface area contributed by atoms with Gasteiger partial charge < -0.3 is 18.5 Å². The van der Waals surface area contributed by atoms with E-state index in [9.17, 15) is 4.57 Å². The van der Waals surface area contributed by atoms with Crippen molar-refractivity contribution in [1.82, 2.24) is 0 Å². The summed E-state index contributed by atoms with van der Waals surface area (Å²) in [6.07, 6.45) is 0.251. The highest BCUT2D eigenvalue weighted by atomic mass is 31.2. The van der Waals surface area contributed by atoms with E-state index < -0.39 is 7.60 Å². The second kappa shape index (κ2) is 11.1. The van der Waals surface area contributed by atoms with Gasteiger partial charge in [0.25, 0.3) is 0 Å². The highest BCUT2D eigenvalue weighted by Crippen LogP contribution is 2.50. The van der Waals surface area contributed by atoms with Gasteiger partial charge in [0.15, 0.2) is 0 Å². The average molecular weight is 390 g/mol.